The van der Waals surface area contributed by atoms with Crippen LogP contribution in [0.25, 0.3) is 0 Å². The first-order valence-electron chi connectivity index (χ1n) is 3.30. The molecule has 1 aromatic rings. The first-order chi connectivity index (χ1) is 5.29. The molecule has 2 heterocycles. The van der Waals surface area contributed by atoms with Gasteiger partial charge in [-0.1, -0.05) is 0 Å². The van der Waals surface area contributed by atoms with Crippen molar-refractivity contribution in [3.8, 4) is 0 Å². The highest BCUT2D eigenvalue weighted by atomic mass is 32.1. The maximum absolute atomic E-state index is 10.9. The summed E-state index contributed by atoms with van der Waals surface area (Å²) in [6.45, 7) is 0.440. The number of β-lactam (4-membered cyclic amide) rings is 1. The van der Waals surface area contributed by atoms with E-state index in [-0.39, 0.29) is 5.91 Å². The van der Waals surface area contributed by atoms with Crippen LogP contribution in [0.3, 0.4) is 0 Å². The van der Waals surface area contributed by atoms with Crippen molar-refractivity contribution in [1.82, 2.24) is 0 Å². The summed E-state index contributed by atoms with van der Waals surface area (Å²) in [4.78, 5) is 12.5. The molecule has 0 aromatic carbocycles. The zero-order valence-electron chi connectivity index (χ0n) is 5.73. The van der Waals surface area contributed by atoms with Crippen molar-refractivity contribution in [3.63, 3.8) is 0 Å². The first-order valence-corrected chi connectivity index (χ1v) is 4.25. The number of nitrogens with zero attached hydrogens (tertiary/aromatic N) is 1. The summed E-state index contributed by atoms with van der Waals surface area (Å²) < 4.78 is 0. The maximum atomic E-state index is 10.9. The third kappa shape index (κ3) is 0.948. The highest BCUT2D eigenvalue weighted by Crippen LogP contribution is 2.23. The molecule has 0 spiro atoms. The molecule has 1 atom stereocenters. The van der Waals surface area contributed by atoms with Crippen LogP contribution in [-0.2, 0) is 4.79 Å². The highest BCUT2D eigenvalue weighted by molar-refractivity contribution is 7.08. The summed E-state index contributed by atoms with van der Waals surface area (Å²) in [6, 6.07) is 1.87. The molecule has 0 bridgehead atoms. The molecular weight excluding hydrogens is 162 g/mol. The van der Waals surface area contributed by atoms with Crippen LogP contribution < -0.4 is 4.90 Å². The summed E-state index contributed by atoms with van der Waals surface area (Å²) in [5.74, 6) is -0.191. The van der Waals surface area contributed by atoms with Gasteiger partial charge in [0.25, 0.3) is 5.91 Å². The van der Waals surface area contributed by atoms with E-state index in [2.05, 4.69) is 0 Å². The zero-order chi connectivity index (χ0) is 7.84. The third-order valence-electron chi connectivity index (χ3n) is 1.72. The van der Waals surface area contributed by atoms with E-state index in [4.69, 9.17) is 5.11 Å². The number of carbonyl (C=O) groups excluding carboxylic acids is 1. The molecule has 11 heavy (non-hydrogen) atoms. The van der Waals surface area contributed by atoms with Crippen LogP contribution in [0.5, 0.6) is 0 Å². The van der Waals surface area contributed by atoms with Crippen molar-refractivity contribution in [2.24, 2.45) is 0 Å². The lowest BCUT2D eigenvalue weighted by molar-refractivity contribution is -0.132. The highest BCUT2D eigenvalue weighted by Gasteiger charge is 2.35. The molecule has 1 amide bonds. The molecule has 1 saturated heterocycles. The lowest BCUT2D eigenvalue weighted by Crippen LogP contribution is -2.56. The molecule has 1 aliphatic rings. The second kappa shape index (κ2) is 2.32. The number of rotatable bonds is 1. The summed E-state index contributed by atoms with van der Waals surface area (Å²) >= 11 is 1.54. The Balaban J connectivity index is 2.16. The first kappa shape index (κ1) is 6.82. The van der Waals surface area contributed by atoms with Crippen LogP contribution >= 0.6 is 11.3 Å². The molecule has 0 saturated carbocycles. The average molecular weight is 169 g/mol. The van der Waals surface area contributed by atoms with Crippen molar-refractivity contribution < 1.29 is 9.90 Å². The summed E-state index contributed by atoms with van der Waals surface area (Å²) in [6.07, 6.45) is -0.769. The van der Waals surface area contributed by atoms with Gasteiger partial charge < -0.3 is 10.0 Å². The van der Waals surface area contributed by atoms with Gasteiger partial charge in [-0.2, -0.15) is 11.3 Å². The number of thiophene rings is 1. The average Bonchev–Trinajstić information content (AvgIpc) is 2.51. The third-order valence-corrected chi connectivity index (χ3v) is 2.40. The fourth-order valence-electron chi connectivity index (χ4n) is 1.05. The van der Waals surface area contributed by atoms with Crippen molar-refractivity contribution in [2.45, 2.75) is 6.10 Å². The monoisotopic (exact) mass is 169 g/mol. The minimum absolute atomic E-state index is 0.191. The van der Waals surface area contributed by atoms with Crippen LogP contribution in [-0.4, -0.2) is 23.7 Å². The SMILES string of the molecule is O=C1C(O)CN1c1ccsc1. The number of hydrogen-bond acceptors (Lipinski definition) is 3. The smallest absolute Gasteiger partial charge is 0.257 e. The van der Waals surface area contributed by atoms with Gasteiger partial charge in [-0.25, -0.2) is 0 Å². The van der Waals surface area contributed by atoms with Gasteiger partial charge in [0.15, 0.2) is 6.10 Å². The van der Waals surface area contributed by atoms with Gasteiger partial charge in [-0.3, -0.25) is 4.79 Å². The Morgan fingerprint density at radius 1 is 1.73 bits per heavy atom. The Labute approximate surface area is 67.9 Å². The maximum Gasteiger partial charge on any atom is 0.257 e. The van der Waals surface area contributed by atoms with E-state index in [0.717, 1.165) is 5.69 Å². The minimum atomic E-state index is -0.769. The lowest BCUT2D eigenvalue weighted by atomic mass is 10.1. The van der Waals surface area contributed by atoms with Crippen LogP contribution in [0.1, 0.15) is 0 Å². The van der Waals surface area contributed by atoms with E-state index >= 15 is 0 Å². The van der Waals surface area contributed by atoms with Crippen molar-refractivity contribution in [1.29, 1.82) is 0 Å². The number of carbonyl (C=O) groups is 1. The Morgan fingerprint density at radius 2 is 2.55 bits per heavy atom. The number of anilines is 1. The quantitative estimate of drug-likeness (QED) is 0.620. The van der Waals surface area contributed by atoms with Crippen LogP contribution in [0.15, 0.2) is 16.8 Å². The Bertz CT molecular complexity index is 270. The summed E-state index contributed by atoms with van der Waals surface area (Å²) in [5.41, 5.74) is 0.894. The Morgan fingerprint density at radius 3 is 3.00 bits per heavy atom. The van der Waals surface area contributed by atoms with Crippen LogP contribution in [0.2, 0.25) is 0 Å². The molecule has 1 unspecified atom stereocenters. The summed E-state index contributed by atoms with van der Waals surface area (Å²) in [5, 5.41) is 12.7. The van der Waals surface area contributed by atoms with Gasteiger partial charge in [0.2, 0.25) is 0 Å². The molecule has 1 N–H and O–H groups in total. The minimum Gasteiger partial charge on any atom is -0.381 e. The van der Waals surface area contributed by atoms with E-state index in [1.54, 1.807) is 16.2 Å². The van der Waals surface area contributed by atoms with Crippen molar-refractivity contribution in [3.05, 3.63) is 16.8 Å². The number of aliphatic hydroxyl groups excluding tert-OH is 1. The van der Waals surface area contributed by atoms with E-state index in [1.807, 2.05) is 16.8 Å². The largest absolute Gasteiger partial charge is 0.381 e. The van der Waals surface area contributed by atoms with E-state index < -0.39 is 6.10 Å². The Kier molecular flexibility index (Phi) is 1.44. The number of β-amino-alcohol motifs (C(OH)–C–C–N with tert-alkyl or cyclic N) is 1. The predicted octanol–water partition coefficient (Wildman–Crippen LogP) is 0.456. The standard InChI is InChI=1S/C7H7NO2S/c9-6-3-8(7(6)10)5-1-2-11-4-5/h1-2,4,6,9H,3H2. The molecule has 4 heteroatoms. The number of hydrogen-bond donors (Lipinski definition) is 1. The lowest BCUT2D eigenvalue weighted by Gasteiger charge is -2.34. The Hall–Kier alpha value is -0.870. The fourth-order valence-corrected chi connectivity index (χ4v) is 1.69. The molecule has 3 nitrogen and oxygen atoms in total. The van der Waals surface area contributed by atoms with Crippen molar-refractivity contribution in [2.75, 3.05) is 11.4 Å². The van der Waals surface area contributed by atoms with Gasteiger partial charge in [0, 0.05) is 5.38 Å². The van der Waals surface area contributed by atoms with E-state index in [0.29, 0.717) is 6.54 Å². The van der Waals surface area contributed by atoms with Gasteiger partial charge in [0.05, 0.1) is 12.2 Å². The molecule has 0 aliphatic carbocycles. The molecule has 1 fully saturated rings. The molecular formula is C7H7NO2S. The fraction of sp³-hybridized carbons (Fsp3) is 0.286. The van der Waals surface area contributed by atoms with E-state index in [1.165, 1.54) is 0 Å². The number of aliphatic hydroxyl groups is 1. The number of amides is 1. The van der Waals surface area contributed by atoms with Crippen LogP contribution in [0.4, 0.5) is 5.69 Å². The topological polar surface area (TPSA) is 40.5 Å². The predicted molar refractivity (Wildman–Crippen MR) is 42.7 cm³/mol. The second-order valence-corrected chi connectivity index (χ2v) is 3.23. The van der Waals surface area contributed by atoms with E-state index in [9.17, 15) is 4.79 Å². The van der Waals surface area contributed by atoms with Gasteiger partial charge in [-0.15, -0.1) is 0 Å². The second-order valence-electron chi connectivity index (χ2n) is 2.45. The molecule has 1 aromatic heterocycles. The van der Waals surface area contributed by atoms with Gasteiger partial charge >= 0.3 is 0 Å². The zero-order valence-corrected chi connectivity index (χ0v) is 6.54. The van der Waals surface area contributed by atoms with Crippen molar-refractivity contribution >= 4 is 22.9 Å². The van der Waals surface area contributed by atoms with Crippen LogP contribution in [0, 0.1) is 0 Å². The summed E-state index contributed by atoms with van der Waals surface area (Å²) in [7, 11) is 0. The molecule has 0 radical (unpaired) electrons. The molecule has 1 aliphatic heterocycles. The van der Waals surface area contributed by atoms with Gasteiger partial charge in [-0.05, 0) is 11.4 Å². The normalized spacial score (nSPS) is 23.5. The molecule has 2 rings (SSSR count). The van der Waals surface area contributed by atoms with Gasteiger partial charge in [0.1, 0.15) is 0 Å². The molecule has 58 valence electrons.